The molecule has 0 aliphatic rings. The Kier molecular flexibility index (Phi) is 4.20. The van der Waals surface area contributed by atoms with Crippen molar-refractivity contribution >= 4 is 11.7 Å². The fourth-order valence-corrected chi connectivity index (χ4v) is 2.32. The number of carbonyl (C=O) groups is 1. The van der Waals surface area contributed by atoms with Crippen LogP contribution in [0.4, 0.5) is 5.82 Å². The van der Waals surface area contributed by atoms with Gasteiger partial charge in [0.15, 0.2) is 5.69 Å². The van der Waals surface area contributed by atoms with Gasteiger partial charge in [-0.2, -0.15) is 5.10 Å². The van der Waals surface area contributed by atoms with E-state index in [-0.39, 0.29) is 5.69 Å². The van der Waals surface area contributed by atoms with Crippen LogP contribution < -0.4 is 10.7 Å². The highest BCUT2D eigenvalue weighted by atomic mass is 16.2. The van der Waals surface area contributed by atoms with Gasteiger partial charge in [-0.05, 0) is 43.7 Å². The third-order valence-corrected chi connectivity index (χ3v) is 3.48. The Morgan fingerprint density at radius 3 is 2.54 bits per heavy atom. The summed E-state index contributed by atoms with van der Waals surface area (Å²) >= 11 is 0. The molecule has 24 heavy (non-hydrogen) atoms. The summed E-state index contributed by atoms with van der Waals surface area (Å²) in [5, 5.41) is 6.84. The molecule has 0 atom stereocenters. The summed E-state index contributed by atoms with van der Waals surface area (Å²) < 4.78 is 1.57. The summed E-state index contributed by atoms with van der Waals surface area (Å²) in [6.07, 6.45) is 1.59. The van der Waals surface area contributed by atoms with Crippen molar-refractivity contribution < 1.29 is 4.79 Å². The normalized spacial score (nSPS) is 10.4. The maximum atomic E-state index is 12.4. The number of benzene rings is 1. The van der Waals surface area contributed by atoms with Crippen molar-refractivity contribution in [2.24, 2.45) is 0 Å². The molecule has 0 saturated heterocycles. The van der Waals surface area contributed by atoms with Gasteiger partial charge in [-0.1, -0.05) is 18.2 Å². The van der Waals surface area contributed by atoms with Crippen LogP contribution in [0.15, 0.2) is 59.5 Å². The highest BCUT2D eigenvalue weighted by Gasteiger charge is 2.16. The van der Waals surface area contributed by atoms with E-state index in [0.717, 1.165) is 11.3 Å². The predicted molar refractivity (Wildman–Crippen MR) is 91.5 cm³/mol. The molecule has 0 saturated carbocycles. The number of amides is 1. The molecule has 2 aromatic heterocycles. The lowest BCUT2D eigenvalue weighted by molar-refractivity contribution is 0.101. The van der Waals surface area contributed by atoms with E-state index in [0.29, 0.717) is 11.5 Å². The standard InChI is InChI=1S/C18H16N4O2/c1-12-8-9-19-16(10-12)20-18(24)17-15(23)11-13(2)22(21-17)14-6-4-3-5-7-14/h3-11H,1-2H3,(H,19,20,24). The molecule has 0 radical (unpaired) electrons. The molecular weight excluding hydrogens is 304 g/mol. The molecule has 1 amide bonds. The zero-order valence-electron chi connectivity index (χ0n) is 13.4. The number of anilines is 1. The molecule has 0 aliphatic carbocycles. The van der Waals surface area contributed by atoms with E-state index >= 15 is 0 Å². The van der Waals surface area contributed by atoms with E-state index in [2.05, 4.69) is 15.4 Å². The Bertz CT molecular complexity index is 949. The molecule has 1 aromatic carbocycles. The highest BCUT2D eigenvalue weighted by Crippen LogP contribution is 2.09. The molecule has 120 valence electrons. The topological polar surface area (TPSA) is 76.9 Å². The largest absolute Gasteiger partial charge is 0.305 e. The van der Waals surface area contributed by atoms with Gasteiger partial charge in [0.1, 0.15) is 5.82 Å². The van der Waals surface area contributed by atoms with Gasteiger partial charge >= 0.3 is 0 Å². The first-order chi connectivity index (χ1) is 11.5. The first-order valence-corrected chi connectivity index (χ1v) is 7.45. The second-order valence-electron chi connectivity index (χ2n) is 5.42. The van der Waals surface area contributed by atoms with Gasteiger partial charge in [-0.25, -0.2) is 9.67 Å². The van der Waals surface area contributed by atoms with E-state index in [9.17, 15) is 9.59 Å². The average molecular weight is 320 g/mol. The minimum atomic E-state index is -0.581. The Balaban J connectivity index is 1.99. The van der Waals surface area contributed by atoms with Crippen LogP contribution in [0.2, 0.25) is 0 Å². The minimum absolute atomic E-state index is 0.173. The minimum Gasteiger partial charge on any atom is -0.305 e. The van der Waals surface area contributed by atoms with Crippen LogP contribution in [0, 0.1) is 13.8 Å². The van der Waals surface area contributed by atoms with Crippen LogP contribution in [0.25, 0.3) is 5.69 Å². The second kappa shape index (κ2) is 6.45. The van der Waals surface area contributed by atoms with E-state index in [1.165, 1.54) is 6.07 Å². The van der Waals surface area contributed by atoms with Crippen LogP contribution in [0.1, 0.15) is 21.7 Å². The lowest BCUT2D eigenvalue weighted by Gasteiger charge is -2.11. The summed E-state index contributed by atoms with van der Waals surface area (Å²) in [5.41, 5.74) is 1.78. The fourth-order valence-electron chi connectivity index (χ4n) is 2.32. The summed E-state index contributed by atoms with van der Waals surface area (Å²) in [4.78, 5) is 28.6. The fraction of sp³-hybridized carbons (Fsp3) is 0.111. The number of pyridine rings is 1. The molecule has 1 N–H and O–H groups in total. The Morgan fingerprint density at radius 1 is 1.08 bits per heavy atom. The number of rotatable bonds is 3. The molecule has 0 bridgehead atoms. The summed E-state index contributed by atoms with van der Waals surface area (Å²) in [6.45, 7) is 3.66. The van der Waals surface area contributed by atoms with Crippen LogP contribution in [0.5, 0.6) is 0 Å². The van der Waals surface area contributed by atoms with Crippen molar-refractivity contribution in [1.82, 2.24) is 14.8 Å². The lowest BCUT2D eigenvalue weighted by atomic mass is 10.2. The highest BCUT2D eigenvalue weighted by molar-refractivity contribution is 6.02. The molecule has 0 spiro atoms. The van der Waals surface area contributed by atoms with Crippen molar-refractivity contribution in [3.05, 3.63) is 81.9 Å². The summed E-state index contributed by atoms with van der Waals surface area (Å²) in [7, 11) is 0. The lowest BCUT2D eigenvalue weighted by Crippen LogP contribution is -2.27. The smallest absolute Gasteiger partial charge is 0.281 e. The first kappa shape index (κ1) is 15.6. The van der Waals surface area contributed by atoms with Crippen molar-refractivity contribution in [2.75, 3.05) is 5.32 Å². The van der Waals surface area contributed by atoms with Gasteiger partial charge in [0, 0.05) is 18.0 Å². The SMILES string of the molecule is Cc1ccnc(NC(=O)c2nn(-c3ccccc3)c(C)cc2=O)c1. The monoisotopic (exact) mass is 320 g/mol. The van der Waals surface area contributed by atoms with Gasteiger partial charge < -0.3 is 5.32 Å². The van der Waals surface area contributed by atoms with Gasteiger partial charge in [-0.3, -0.25) is 9.59 Å². The quantitative estimate of drug-likeness (QED) is 0.804. The van der Waals surface area contributed by atoms with Crippen LogP contribution in [-0.2, 0) is 0 Å². The maximum Gasteiger partial charge on any atom is 0.281 e. The number of nitrogens with zero attached hydrogens (tertiary/aromatic N) is 3. The molecule has 0 unspecified atom stereocenters. The zero-order chi connectivity index (χ0) is 17.1. The number of aryl methyl sites for hydroxylation is 2. The van der Waals surface area contributed by atoms with E-state index < -0.39 is 11.3 Å². The Hall–Kier alpha value is -3.28. The second-order valence-corrected chi connectivity index (χ2v) is 5.42. The van der Waals surface area contributed by atoms with Crippen molar-refractivity contribution in [3.8, 4) is 5.69 Å². The third-order valence-electron chi connectivity index (χ3n) is 3.48. The van der Waals surface area contributed by atoms with Crippen molar-refractivity contribution in [3.63, 3.8) is 0 Å². The number of aromatic nitrogens is 3. The van der Waals surface area contributed by atoms with Crippen molar-refractivity contribution in [2.45, 2.75) is 13.8 Å². The number of carbonyl (C=O) groups excluding carboxylic acids is 1. The molecule has 0 fully saturated rings. The van der Waals surface area contributed by atoms with Crippen LogP contribution in [0.3, 0.4) is 0 Å². The van der Waals surface area contributed by atoms with Crippen molar-refractivity contribution in [1.29, 1.82) is 0 Å². The molecule has 0 aliphatic heterocycles. The van der Waals surface area contributed by atoms with Gasteiger partial charge in [0.25, 0.3) is 5.91 Å². The van der Waals surface area contributed by atoms with E-state index in [1.807, 2.05) is 43.3 Å². The molecule has 6 heteroatoms. The number of hydrogen-bond donors (Lipinski definition) is 1. The molecule has 3 rings (SSSR count). The van der Waals surface area contributed by atoms with E-state index in [4.69, 9.17) is 0 Å². The van der Waals surface area contributed by atoms with Crippen LogP contribution >= 0.6 is 0 Å². The van der Waals surface area contributed by atoms with Gasteiger partial charge in [0.2, 0.25) is 5.43 Å². The molecule has 6 nitrogen and oxygen atoms in total. The van der Waals surface area contributed by atoms with E-state index in [1.54, 1.807) is 23.9 Å². The van der Waals surface area contributed by atoms with Crippen LogP contribution in [-0.4, -0.2) is 20.7 Å². The predicted octanol–water partition coefficient (Wildman–Crippen LogP) is 2.50. The van der Waals surface area contributed by atoms with Gasteiger partial charge in [-0.15, -0.1) is 0 Å². The van der Waals surface area contributed by atoms with Gasteiger partial charge in [0.05, 0.1) is 5.69 Å². The average Bonchev–Trinajstić information content (AvgIpc) is 2.55. The maximum absolute atomic E-state index is 12.4. The number of hydrogen-bond acceptors (Lipinski definition) is 4. The first-order valence-electron chi connectivity index (χ1n) is 7.45. The number of para-hydroxylation sites is 1. The number of nitrogens with one attached hydrogen (secondary N) is 1. The summed E-state index contributed by atoms with van der Waals surface area (Å²) in [5.74, 6) is -0.198. The molecule has 3 aromatic rings. The third kappa shape index (κ3) is 3.22. The summed E-state index contributed by atoms with van der Waals surface area (Å²) in [6, 6.07) is 14.3. The Morgan fingerprint density at radius 2 is 1.83 bits per heavy atom. The Labute approximate surface area is 138 Å². The zero-order valence-corrected chi connectivity index (χ0v) is 13.4. The molecular formula is C18H16N4O2. The molecule has 2 heterocycles.